The summed E-state index contributed by atoms with van der Waals surface area (Å²) in [6, 6.07) is 7.11. The molecule has 2 saturated heterocycles. The Labute approximate surface area is 176 Å². The van der Waals surface area contributed by atoms with Gasteiger partial charge in [-0.1, -0.05) is 12.1 Å². The third-order valence-corrected chi connectivity index (χ3v) is 5.51. The average Bonchev–Trinajstić information content (AvgIpc) is 2.68. The Morgan fingerprint density at radius 2 is 1.65 bits per heavy atom. The van der Waals surface area contributed by atoms with Crippen molar-refractivity contribution in [1.29, 1.82) is 0 Å². The molecule has 0 N–H and O–H groups in total. The number of ether oxygens (including phenoxy) is 1. The van der Waals surface area contributed by atoms with Crippen LogP contribution in [0.5, 0.6) is 5.75 Å². The molecule has 9 heteroatoms. The number of piperidine rings is 1. The molecule has 0 spiro atoms. The molecule has 2 aliphatic rings. The van der Waals surface area contributed by atoms with Gasteiger partial charge in [-0.2, -0.15) is 13.2 Å². The summed E-state index contributed by atoms with van der Waals surface area (Å²) in [5, 5.41) is 0. The number of hydrogen-bond donors (Lipinski definition) is 0. The maximum Gasteiger partial charge on any atom is 0.416 e. The minimum absolute atomic E-state index is 0.156. The molecule has 2 heterocycles. The highest BCUT2D eigenvalue weighted by Gasteiger charge is 2.32. The fourth-order valence-corrected chi connectivity index (χ4v) is 3.84. The van der Waals surface area contributed by atoms with Gasteiger partial charge in [-0.25, -0.2) is 8.78 Å². The van der Waals surface area contributed by atoms with Crippen LogP contribution >= 0.6 is 0 Å². The Morgan fingerprint density at radius 1 is 1.00 bits per heavy atom. The number of carbonyl (C=O) groups excluding carboxylic acids is 1. The second-order valence-electron chi connectivity index (χ2n) is 7.87. The third kappa shape index (κ3) is 4.81. The number of benzene rings is 2. The van der Waals surface area contributed by atoms with E-state index in [1.807, 2.05) is 4.90 Å². The molecule has 0 atom stereocenters. The Balaban J connectivity index is 1.33. The maximum atomic E-state index is 14.5. The van der Waals surface area contributed by atoms with Gasteiger partial charge in [0.05, 0.1) is 5.56 Å². The Hall–Kier alpha value is -2.68. The van der Waals surface area contributed by atoms with E-state index in [-0.39, 0.29) is 11.6 Å². The normalized spacial score (nSPS) is 18.2. The molecule has 0 aliphatic carbocycles. The van der Waals surface area contributed by atoms with Gasteiger partial charge in [0.1, 0.15) is 6.10 Å². The number of anilines is 1. The molecule has 4 rings (SSSR count). The predicted octanol–water partition coefficient (Wildman–Crippen LogP) is 4.76. The molecule has 1 amide bonds. The first-order valence-corrected chi connectivity index (χ1v) is 10.1. The summed E-state index contributed by atoms with van der Waals surface area (Å²) in [7, 11) is 0. The molecule has 166 valence electrons. The van der Waals surface area contributed by atoms with Gasteiger partial charge in [0.25, 0.3) is 0 Å². The van der Waals surface area contributed by atoms with Crippen molar-refractivity contribution in [2.75, 3.05) is 24.5 Å². The van der Waals surface area contributed by atoms with Crippen LogP contribution in [0.25, 0.3) is 0 Å². The van der Waals surface area contributed by atoms with E-state index < -0.39 is 35.2 Å². The number of nitrogens with zero attached hydrogens (tertiary/aromatic N) is 2. The van der Waals surface area contributed by atoms with Gasteiger partial charge in [-0.15, -0.1) is 0 Å². The lowest BCUT2D eigenvalue weighted by Gasteiger charge is -2.39. The second kappa shape index (κ2) is 8.45. The summed E-state index contributed by atoms with van der Waals surface area (Å²) in [6.45, 7) is 1.64. The molecule has 0 unspecified atom stereocenters. The lowest BCUT2D eigenvalue weighted by Crippen LogP contribution is -2.53. The van der Waals surface area contributed by atoms with Crippen molar-refractivity contribution in [2.45, 2.75) is 38.1 Å². The summed E-state index contributed by atoms with van der Waals surface area (Å²) in [5.74, 6) is -2.37. The van der Waals surface area contributed by atoms with Crippen molar-refractivity contribution in [2.24, 2.45) is 0 Å². The van der Waals surface area contributed by atoms with E-state index >= 15 is 0 Å². The number of likely N-dealkylation sites (tertiary alicyclic amines) is 1. The van der Waals surface area contributed by atoms with Crippen LogP contribution in [0.1, 0.15) is 30.4 Å². The molecule has 2 aliphatic heterocycles. The number of amides is 1. The third-order valence-electron chi connectivity index (χ3n) is 5.51. The molecular formula is C22H21F5N2O2. The number of rotatable bonds is 5. The number of carbonyl (C=O) groups is 1. The van der Waals surface area contributed by atoms with E-state index in [9.17, 15) is 26.7 Å². The Kier molecular flexibility index (Phi) is 5.88. The largest absolute Gasteiger partial charge is 0.482 e. The number of hydrogen-bond acceptors (Lipinski definition) is 3. The molecule has 2 aromatic rings. The molecule has 2 aromatic carbocycles. The van der Waals surface area contributed by atoms with Gasteiger partial charge in [-0.05, 0) is 30.5 Å². The Morgan fingerprint density at radius 3 is 2.23 bits per heavy atom. The monoisotopic (exact) mass is 440 g/mol. The topological polar surface area (TPSA) is 32.8 Å². The SMILES string of the molecule is O=C1CCCCN1c1cc(F)c(OC2CN(Cc3ccc(C(F)(F)F)cc3)C2)c(F)c1. The molecule has 0 radical (unpaired) electrons. The fraction of sp³-hybridized carbons (Fsp3) is 0.409. The zero-order valence-corrected chi connectivity index (χ0v) is 16.6. The van der Waals surface area contributed by atoms with Crippen molar-refractivity contribution in [3.63, 3.8) is 0 Å². The van der Waals surface area contributed by atoms with Crippen LogP contribution in [0, 0.1) is 11.6 Å². The summed E-state index contributed by atoms with van der Waals surface area (Å²) < 4.78 is 72.3. The summed E-state index contributed by atoms with van der Waals surface area (Å²) in [4.78, 5) is 15.3. The van der Waals surface area contributed by atoms with Crippen LogP contribution in [0.4, 0.5) is 27.6 Å². The van der Waals surface area contributed by atoms with Crippen LogP contribution in [-0.2, 0) is 17.5 Å². The van der Waals surface area contributed by atoms with E-state index in [0.29, 0.717) is 38.2 Å². The summed E-state index contributed by atoms with van der Waals surface area (Å²) in [5.41, 5.74) is 0.186. The van der Waals surface area contributed by atoms with E-state index in [4.69, 9.17) is 4.74 Å². The zero-order chi connectivity index (χ0) is 22.2. The van der Waals surface area contributed by atoms with Crippen molar-refractivity contribution in [3.8, 4) is 5.75 Å². The first kappa shape index (κ1) is 21.5. The van der Waals surface area contributed by atoms with E-state index in [2.05, 4.69) is 0 Å². The first-order chi connectivity index (χ1) is 14.7. The van der Waals surface area contributed by atoms with Crippen molar-refractivity contribution < 1.29 is 31.5 Å². The minimum Gasteiger partial charge on any atom is -0.482 e. The molecule has 31 heavy (non-hydrogen) atoms. The quantitative estimate of drug-likeness (QED) is 0.629. The van der Waals surface area contributed by atoms with E-state index in [0.717, 1.165) is 37.1 Å². The smallest absolute Gasteiger partial charge is 0.416 e. The van der Waals surface area contributed by atoms with E-state index in [1.54, 1.807) is 0 Å². The van der Waals surface area contributed by atoms with E-state index in [1.165, 1.54) is 17.0 Å². The molecule has 0 aromatic heterocycles. The predicted molar refractivity (Wildman–Crippen MR) is 104 cm³/mol. The molecular weight excluding hydrogens is 419 g/mol. The highest BCUT2D eigenvalue weighted by Crippen LogP contribution is 2.32. The van der Waals surface area contributed by atoms with Crippen LogP contribution in [0.3, 0.4) is 0 Å². The number of alkyl halides is 3. The fourth-order valence-electron chi connectivity index (χ4n) is 3.84. The van der Waals surface area contributed by atoms with Gasteiger partial charge in [0.2, 0.25) is 5.91 Å². The van der Waals surface area contributed by atoms with Crippen molar-refractivity contribution in [3.05, 3.63) is 59.2 Å². The molecule has 2 fully saturated rings. The van der Waals surface area contributed by atoms with Gasteiger partial charge in [0.15, 0.2) is 17.4 Å². The van der Waals surface area contributed by atoms with Crippen molar-refractivity contribution >= 4 is 11.6 Å². The van der Waals surface area contributed by atoms with Gasteiger partial charge in [-0.3, -0.25) is 9.69 Å². The van der Waals surface area contributed by atoms with Gasteiger partial charge >= 0.3 is 6.18 Å². The number of halogens is 5. The van der Waals surface area contributed by atoms with Crippen LogP contribution in [-0.4, -0.2) is 36.5 Å². The standard InChI is InChI=1S/C22H21F5N2O2/c23-18-9-16(29-8-2-1-3-20(29)30)10-19(24)21(18)31-17-12-28(13-17)11-14-4-6-15(7-5-14)22(25,26)27/h4-7,9-10,17H,1-3,8,11-13H2. The zero-order valence-electron chi connectivity index (χ0n) is 16.6. The van der Waals surface area contributed by atoms with Crippen LogP contribution < -0.4 is 9.64 Å². The lowest BCUT2D eigenvalue weighted by molar-refractivity contribution is -0.137. The average molecular weight is 440 g/mol. The molecule has 0 bridgehead atoms. The Bertz CT molecular complexity index is 932. The highest BCUT2D eigenvalue weighted by molar-refractivity contribution is 5.94. The first-order valence-electron chi connectivity index (χ1n) is 10.1. The van der Waals surface area contributed by atoms with Crippen molar-refractivity contribution in [1.82, 2.24) is 4.90 Å². The van der Waals surface area contributed by atoms with Gasteiger partial charge < -0.3 is 9.64 Å². The minimum atomic E-state index is -4.38. The molecule has 4 nitrogen and oxygen atoms in total. The lowest BCUT2D eigenvalue weighted by atomic mass is 10.1. The van der Waals surface area contributed by atoms with Crippen LogP contribution in [0.2, 0.25) is 0 Å². The highest BCUT2D eigenvalue weighted by atomic mass is 19.4. The maximum absolute atomic E-state index is 14.5. The summed E-state index contributed by atoms with van der Waals surface area (Å²) >= 11 is 0. The van der Waals surface area contributed by atoms with Gasteiger partial charge in [0, 0.05) is 50.4 Å². The van der Waals surface area contributed by atoms with Crippen LogP contribution in [0.15, 0.2) is 36.4 Å². The molecule has 0 saturated carbocycles. The second-order valence-corrected chi connectivity index (χ2v) is 7.87. The summed E-state index contributed by atoms with van der Waals surface area (Å²) in [6.07, 6.45) is -2.89.